The van der Waals surface area contributed by atoms with E-state index in [0.717, 1.165) is 56.1 Å². The Bertz CT molecular complexity index is 3780. The molecule has 0 fully saturated rings. The van der Waals surface area contributed by atoms with Crippen LogP contribution in [-0.2, 0) is 10.8 Å². The topological polar surface area (TPSA) is 52.8 Å². The van der Waals surface area contributed by atoms with Gasteiger partial charge >= 0.3 is 0 Å². The van der Waals surface area contributed by atoms with Gasteiger partial charge in [0.15, 0.2) is 17.5 Å². The van der Waals surface area contributed by atoms with E-state index in [2.05, 4.69) is 206 Å². The van der Waals surface area contributed by atoms with Crippen LogP contribution in [0.1, 0.15) is 47.2 Å². The molecule has 1 aliphatic heterocycles. The van der Waals surface area contributed by atoms with Gasteiger partial charge in [0.25, 0.3) is 0 Å². The van der Waals surface area contributed by atoms with E-state index in [-0.39, 0.29) is 5.41 Å². The Morgan fingerprint density at radius 3 is 1.64 bits per heavy atom. The first-order valence-corrected chi connectivity index (χ1v) is 22.7. The van der Waals surface area contributed by atoms with Crippen LogP contribution in [0.5, 0.6) is 11.5 Å². The van der Waals surface area contributed by atoms with Crippen molar-refractivity contribution in [1.29, 1.82) is 0 Å². The van der Waals surface area contributed by atoms with E-state index >= 15 is 0 Å². The summed E-state index contributed by atoms with van der Waals surface area (Å²) in [5.74, 6) is 3.61. The van der Waals surface area contributed by atoms with Crippen LogP contribution < -0.4 is 4.74 Å². The largest absolute Gasteiger partial charge is 0.457 e. The monoisotopic (exact) mass is 844 g/mol. The summed E-state index contributed by atoms with van der Waals surface area (Å²) in [7, 11) is 0. The highest BCUT2D eigenvalue weighted by atomic mass is 16.5. The lowest BCUT2D eigenvalue weighted by Crippen LogP contribution is -2.32. The quantitative estimate of drug-likeness (QED) is 0.177. The Balaban J connectivity index is 0.992. The van der Waals surface area contributed by atoms with Crippen molar-refractivity contribution < 1.29 is 4.74 Å². The molecule has 310 valence electrons. The second-order valence-electron chi connectivity index (χ2n) is 18.3. The minimum Gasteiger partial charge on any atom is -0.457 e. The number of hydrogen-bond acceptors (Lipinski definition) is 4. The molecule has 14 rings (SSSR count). The summed E-state index contributed by atoms with van der Waals surface area (Å²) in [5, 5.41) is 2.46. The van der Waals surface area contributed by atoms with Gasteiger partial charge in [-0.1, -0.05) is 178 Å². The van der Waals surface area contributed by atoms with E-state index < -0.39 is 5.41 Å². The van der Waals surface area contributed by atoms with Gasteiger partial charge in [-0.3, -0.25) is 0 Å². The summed E-state index contributed by atoms with van der Waals surface area (Å²) in [6.45, 7) is 4.70. The summed E-state index contributed by atoms with van der Waals surface area (Å²) in [4.78, 5) is 15.9. The molecule has 0 saturated carbocycles. The van der Waals surface area contributed by atoms with Gasteiger partial charge in [0.1, 0.15) is 11.5 Å². The van der Waals surface area contributed by atoms with Crippen molar-refractivity contribution in [2.75, 3.05) is 0 Å². The van der Waals surface area contributed by atoms with Gasteiger partial charge in [0, 0.05) is 49.7 Å². The summed E-state index contributed by atoms with van der Waals surface area (Å²) in [5.41, 5.74) is 17.9. The third-order valence-corrected chi connectivity index (χ3v) is 14.5. The fourth-order valence-corrected chi connectivity index (χ4v) is 11.6. The first-order valence-electron chi connectivity index (χ1n) is 22.7. The zero-order valence-electron chi connectivity index (χ0n) is 36.3. The molecular formula is C61H40N4O. The average molecular weight is 845 g/mol. The highest BCUT2D eigenvalue weighted by Gasteiger charge is 2.51. The van der Waals surface area contributed by atoms with E-state index in [0.29, 0.717) is 17.5 Å². The van der Waals surface area contributed by atoms with Gasteiger partial charge in [0.2, 0.25) is 0 Å². The minimum absolute atomic E-state index is 0.115. The number of aromatic nitrogens is 4. The first-order chi connectivity index (χ1) is 32.5. The van der Waals surface area contributed by atoms with E-state index in [4.69, 9.17) is 19.7 Å². The zero-order valence-corrected chi connectivity index (χ0v) is 36.3. The van der Waals surface area contributed by atoms with Crippen molar-refractivity contribution in [2.45, 2.75) is 24.7 Å². The maximum absolute atomic E-state index is 6.59. The first kappa shape index (κ1) is 37.0. The molecule has 0 atom stereocenters. The molecule has 0 N–H and O–H groups in total. The number of nitrogens with zero attached hydrogens (tertiary/aromatic N) is 4. The molecule has 0 saturated heterocycles. The Morgan fingerprint density at radius 2 is 0.924 bits per heavy atom. The third-order valence-electron chi connectivity index (χ3n) is 14.5. The second-order valence-corrected chi connectivity index (χ2v) is 18.3. The molecule has 5 heteroatoms. The Hall–Kier alpha value is -8.41. The minimum atomic E-state index is -0.556. The maximum atomic E-state index is 6.59. The van der Waals surface area contributed by atoms with Crippen LogP contribution in [0.25, 0.3) is 83.9 Å². The van der Waals surface area contributed by atoms with Crippen LogP contribution in [0.2, 0.25) is 0 Å². The molecule has 11 aromatic rings. The molecule has 0 radical (unpaired) electrons. The molecule has 3 heterocycles. The molecule has 66 heavy (non-hydrogen) atoms. The SMILES string of the molecule is CC1(C)c2ccccc2-c2c1ccc1c2c2ccc(-c3nc(-c4ccccc4)nc(-c4ccc5c(c4)-c4ccccc4C54c5ccccc5Oc5ccccc54)n3)cc2n1-c1ccccc1. The number of para-hydroxylation sites is 3. The predicted octanol–water partition coefficient (Wildman–Crippen LogP) is 14.7. The smallest absolute Gasteiger partial charge is 0.164 e. The molecule has 0 bridgehead atoms. The lowest BCUT2D eigenvalue weighted by Gasteiger charge is -2.39. The zero-order chi connectivity index (χ0) is 43.7. The molecule has 0 amide bonds. The molecule has 5 nitrogen and oxygen atoms in total. The van der Waals surface area contributed by atoms with Crippen molar-refractivity contribution in [3.63, 3.8) is 0 Å². The summed E-state index contributed by atoms with van der Waals surface area (Å²) >= 11 is 0. The molecule has 1 spiro atoms. The number of fused-ring (bicyclic) bond motifs is 16. The van der Waals surface area contributed by atoms with Crippen molar-refractivity contribution >= 4 is 21.8 Å². The fourth-order valence-electron chi connectivity index (χ4n) is 11.6. The highest BCUT2D eigenvalue weighted by Crippen LogP contribution is 2.62. The maximum Gasteiger partial charge on any atom is 0.164 e. The van der Waals surface area contributed by atoms with E-state index in [1.54, 1.807) is 0 Å². The average Bonchev–Trinajstić information content (AvgIpc) is 3.95. The molecular weight excluding hydrogens is 805 g/mol. The van der Waals surface area contributed by atoms with Gasteiger partial charge in [-0.2, -0.15) is 0 Å². The molecule has 0 unspecified atom stereocenters. The van der Waals surface area contributed by atoms with Crippen LogP contribution in [0.4, 0.5) is 0 Å². The second kappa shape index (κ2) is 13.6. The van der Waals surface area contributed by atoms with Crippen LogP contribution in [-0.4, -0.2) is 19.5 Å². The van der Waals surface area contributed by atoms with Gasteiger partial charge in [-0.05, 0) is 87.0 Å². The Labute approximate surface area is 382 Å². The number of ether oxygens (including phenoxy) is 1. The summed E-state index contributed by atoms with van der Waals surface area (Å²) < 4.78 is 8.99. The highest BCUT2D eigenvalue weighted by molar-refractivity contribution is 6.18. The third kappa shape index (κ3) is 4.97. The Morgan fingerprint density at radius 1 is 0.394 bits per heavy atom. The molecule has 3 aliphatic rings. The van der Waals surface area contributed by atoms with Crippen molar-refractivity contribution in [1.82, 2.24) is 19.5 Å². The molecule has 2 aliphatic carbocycles. The molecule has 2 aromatic heterocycles. The number of rotatable bonds is 4. The number of benzene rings is 9. The van der Waals surface area contributed by atoms with Crippen molar-refractivity contribution in [2.24, 2.45) is 0 Å². The van der Waals surface area contributed by atoms with Crippen LogP contribution >= 0.6 is 0 Å². The van der Waals surface area contributed by atoms with Crippen LogP contribution in [0.15, 0.2) is 206 Å². The van der Waals surface area contributed by atoms with Crippen molar-refractivity contribution in [3.05, 3.63) is 240 Å². The van der Waals surface area contributed by atoms with Crippen LogP contribution in [0.3, 0.4) is 0 Å². The lowest BCUT2D eigenvalue weighted by atomic mass is 9.66. The lowest BCUT2D eigenvalue weighted by molar-refractivity contribution is 0.436. The van der Waals surface area contributed by atoms with Gasteiger partial charge in [-0.15, -0.1) is 0 Å². The van der Waals surface area contributed by atoms with Gasteiger partial charge in [0.05, 0.1) is 16.4 Å². The van der Waals surface area contributed by atoms with E-state index in [9.17, 15) is 0 Å². The Kier molecular flexibility index (Phi) is 7.60. The molecule has 9 aromatic carbocycles. The summed E-state index contributed by atoms with van der Waals surface area (Å²) in [6, 6.07) is 73.8. The van der Waals surface area contributed by atoms with E-state index in [1.165, 1.54) is 55.2 Å². The van der Waals surface area contributed by atoms with Gasteiger partial charge < -0.3 is 9.30 Å². The van der Waals surface area contributed by atoms with Crippen LogP contribution in [0, 0.1) is 0 Å². The van der Waals surface area contributed by atoms with Crippen molar-refractivity contribution in [3.8, 4) is 73.6 Å². The fraction of sp³-hybridized carbons (Fsp3) is 0.0656. The number of hydrogen-bond donors (Lipinski definition) is 0. The van der Waals surface area contributed by atoms with Gasteiger partial charge in [-0.25, -0.2) is 15.0 Å². The predicted molar refractivity (Wildman–Crippen MR) is 265 cm³/mol. The summed E-state index contributed by atoms with van der Waals surface area (Å²) in [6.07, 6.45) is 0. The van der Waals surface area contributed by atoms with E-state index in [1.807, 2.05) is 18.2 Å². The standard InChI is InChI=1S/C61H40N4O/c1-60(2)45-23-11-10-22-42(45)55-50(60)33-34-51-56(55)43-31-29-39(36-52(43)65(51)40-19-7-4-8-20-40)59-63-57(37-17-5-3-6-18-37)62-58(64-59)38-30-32-47-44(35-38)41-21-9-12-24-46(41)61(47)48-25-13-15-27-53(48)66-54-28-16-14-26-49(54)61/h3-36H,1-2H3. The normalized spacial score (nSPS) is 14.3.